The van der Waals surface area contributed by atoms with Crippen molar-refractivity contribution in [2.24, 2.45) is 0 Å². The van der Waals surface area contributed by atoms with Gasteiger partial charge in [0.25, 0.3) is 5.91 Å². The molecule has 2 heterocycles. The lowest BCUT2D eigenvalue weighted by Gasteiger charge is -2.25. The molecule has 0 radical (unpaired) electrons. The van der Waals surface area contributed by atoms with Gasteiger partial charge in [0.2, 0.25) is 0 Å². The minimum Gasteiger partial charge on any atom is -0.379 e. The molecule has 1 atom stereocenters. The lowest BCUT2D eigenvalue weighted by Crippen LogP contribution is -2.48. The first-order valence-corrected chi connectivity index (χ1v) is 6.21. The number of amides is 1. The van der Waals surface area contributed by atoms with E-state index in [2.05, 4.69) is 20.9 Å². The van der Waals surface area contributed by atoms with Gasteiger partial charge in [-0.25, -0.2) is 0 Å². The number of rotatable bonds is 1. The zero-order valence-electron chi connectivity index (χ0n) is 9.62. The maximum absolute atomic E-state index is 12.6. The molecule has 1 unspecified atom stereocenters. The number of aliphatic hydroxyl groups is 1. The number of hydrogen-bond acceptors (Lipinski definition) is 3. The van der Waals surface area contributed by atoms with Crippen molar-refractivity contribution < 1.29 is 23.1 Å². The van der Waals surface area contributed by atoms with Crippen molar-refractivity contribution in [1.29, 1.82) is 0 Å². The van der Waals surface area contributed by atoms with Gasteiger partial charge >= 0.3 is 6.18 Å². The predicted octanol–water partition coefficient (Wildman–Crippen LogP) is 1.98. The molecule has 1 N–H and O–H groups in total. The van der Waals surface area contributed by atoms with Crippen molar-refractivity contribution in [2.75, 3.05) is 13.1 Å². The number of likely N-dealkylation sites (tertiary alicyclic amines) is 1. The molecule has 1 amide bonds. The molecule has 0 spiro atoms. The summed E-state index contributed by atoms with van der Waals surface area (Å²) >= 11 is 3.13. The molecule has 0 bridgehead atoms. The first-order valence-electron chi connectivity index (χ1n) is 5.42. The summed E-state index contributed by atoms with van der Waals surface area (Å²) in [5.41, 5.74) is -2.64. The smallest absolute Gasteiger partial charge is 0.379 e. The van der Waals surface area contributed by atoms with Crippen LogP contribution in [0.1, 0.15) is 16.8 Å². The van der Waals surface area contributed by atoms with Gasteiger partial charge in [-0.05, 0) is 22.0 Å². The van der Waals surface area contributed by atoms with Crippen LogP contribution in [0, 0.1) is 0 Å². The second kappa shape index (κ2) is 4.75. The van der Waals surface area contributed by atoms with Gasteiger partial charge in [0, 0.05) is 29.8 Å². The molecule has 1 aliphatic heterocycles. The molecule has 0 aliphatic carbocycles. The van der Waals surface area contributed by atoms with Crippen LogP contribution in [0.15, 0.2) is 22.9 Å². The number of β-amino-alcohol motifs (C(OH)–C–C–N with tert-alkyl or cyclic N) is 1. The van der Waals surface area contributed by atoms with E-state index in [0.717, 1.165) is 4.90 Å². The van der Waals surface area contributed by atoms with E-state index in [4.69, 9.17) is 0 Å². The van der Waals surface area contributed by atoms with E-state index >= 15 is 0 Å². The standard InChI is InChI=1S/C11H10BrF3N2O2/c12-8-3-7(4-16-5-8)9(18)17-2-1-10(19,6-17)11(13,14)15/h3-5,19H,1-2,6H2. The fourth-order valence-electron chi connectivity index (χ4n) is 1.91. The quantitative estimate of drug-likeness (QED) is 0.851. The molecule has 104 valence electrons. The molecule has 1 saturated heterocycles. The van der Waals surface area contributed by atoms with E-state index in [-0.39, 0.29) is 12.1 Å². The molecule has 0 saturated carbocycles. The summed E-state index contributed by atoms with van der Waals surface area (Å²) in [7, 11) is 0. The molecule has 19 heavy (non-hydrogen) atoms. The maximum Gasteiger partial charge on any atom is 0.419 e. The van der Waals surface area contributed by atoms with Crippen molar-refractivity contribution in [2.45, 2.75) is 18.2 Å². The van der Waals surface area contributed by atoms with Gasteiger partial charge in [0.15, 0.2) is 5.60 Å². The van der Waals surface area contributed by atoms with Crippen molar-refractivity contribution in [3.05, 3.63) is 28.5 Å². The highest BCUT2D eigenvalue weighted by molar-refractivity contribution is 9.10. The molecular formula is C11H10BrF3N2O2. The van der Waals surface area contributed by atoms with Gasteiger partial charge in [0.1, 0.15) is 0 Å². The lowest BCUT2D eigenvalue weighted by molar-refractivity contribution is -0.253. The van der Waals surface area contributed by atoms with Crippen LogP contribution in [-0.2, 0) is 0 Å². The number of hydrogen-bond donors (Lipinski definition) is 1. The molecule has 4 nitrogen and oxygen atoms in total. The third-order valence-electron chi connectivity index (χ3n) is 3.01. The Kier molecular flexibility index (Phi) is 3.57. The zero-order valence-corrected chi connectivity index (χ0v) is 11.2. The highest BCUT2D eigenvalue weighted by Gasteiger charge is 2.57. The summed E-state index contributed by atoms with van der Waals surface area (Å²) in [6.45, 7) is -0.886. The molecule has 1 aliphatic rings. The minimum atomic E-state index is -4.74. The van der Waals surface area contributed by atoms with Crippen LogP contribution in [0.4, 0.5) is 13.2 Å². The topological polar surface area (TPSA) is 53.4 Å². The van der Waals surface area contributed by atoms with Crippen LogP contribution in [0.25, 0.3) is 0 Å². The Bertz CT molecular complexity index is 509. The van der Waals surface area contributed by atoms with Gasteiger partial charge in [-0.15, -0.1) is 0 Å². The summed E-state index contributed by atoms with van der Waals surface area (Å²) in [4.78, 5) is 16.8. The number of carbonyl (C=O) groups excluding carboxylic acids is 1. The molecule has 1 aromatic rings. The van der Waals surface area contributed by atoms with Crippen molar-refractivity contribution >= 4 is 21.8 Å². The van der Waals surface area contributed by atoms with Crippen LogP contribution in [0.5, 0.6) is 0 Å². The van der Waals surface area contributed by atoms with E-state index in [1.54, 1.807) is 0 Å². The number of aromatic nitrogens is 1. The number of pyridine rings is 1. The summed E-state index contributed by atoms with van der Waals surface area (Å²) in [6.07, 6.45) is -2.51. The van der Waals surface area contributed by atoms with E-state index in [1.165, 1.54) is 18.5 Å². The second-order valence-electron chi connectivity index (χ2n) is 4.40. The third kappa shape index (κ3) is 2.74. The molecule has 1 fully saturated rings. The number of carbonyl (C=O) groups is 1. The van der Waals surface area contributed by atoms with Crippen LogP contribution < -0.4 is 0 Å². The van der Waals surface area contributed by atoms with Crippen LogP contribution >= 0.6 is 15.9 Å². The van der Waals surface area contributed by atoms with E-state index in [1.807, 2.05) is 0 Å². The normalized spacial score (nSPS) is 23.7. The summed E-state index contributed by atoms with van der Waals surface area (Å²) < 4.78 is 38.5. The molecular weight excluding hydrogens is 329 g/mol. The SMILES string of the molecule is O=C(c1cncc(Br)c1)N1CCC(O)(C(F)(F)F)C1. The monoisotopic (exact) mass is 338 g/mol. The Balaban J connectivity index is 2.16. The largest absolute Gasteiger partial charge is 0.419 e. The minimum absolute atomic E-state index is 0.138. The van der Waals surface area contributed by atoms with Crippen molar-refractivity contribution in [3.63, 3.8) is 0 Å². The third-order valence-corrected chi connectivity index (χ3v) is 3.45. The Hall–Kier alpha value is -1.15. The van der Waals surface area contributed by atoms with Gasteiger partial charge in [0.05, 0.1) is 12.1 Å². The average Bonchev–Trinajstić information content (AvgIpc) is 2.72. The second-order valence-corrected chi connectivity index (χ2v) is 5.31. The Labute approximate surface area is 115 Å². The Morgan fingerprint density at radius 3 is 2.68 bits per heavy atom. The van der Waals surface area contributed by atoms with E-state index < -0.39 is 30.7 Å². The van der Waals surface area contributed by atoms with Gasteiger partial charge in [-0.3, -0.25) is 9.78 Å². The number of alkyl halides is 3. The summed E-state index contributed by atoms with van der Waals surface area (Å²) in [6, 6.07) is 1.47. The van der Waals surface area contributed by atoms with E-state index in [9.17, 15) is 23.1 Å². The molecule has 2 rings (SSSR count). The van der Waals surface area contributed by atoms with Gasteiger partial charge in [-0.1, -0.05) is 0 Å². The maximum atomic E-state index is 12.6. The Morgan fingerprint density at radius 2 is 2.16 bits per heavy atom. The first kappa shape index (κ1) is 14.3. The van der Waals surface area contributed by atoms with Gasteiger partial charge in [-0.2, -0.15) is 13.2 Å². The lowest BCUT2D eigenvalue weighted by atomic mass is 10.0. The first-order chi connectivity index (χ1) is 8.73. The predicted molar refractivity (Wildman–Crippen MR) is 63.5 cm³/mol. The van der Waals surface area contributed by atoms with Crippen LogP contribution in [0.2, 0.25) is 0 Å². The van der Waals surface area contributed by atoms with Crippen LogP contribution in [-0.4, -0.2) is 45.8 Å². The highest BCUT2D eigenvalue weighted by Crippen LogP contribution is 2.37. The fraction of sp³-hybridized carbons (Fsp3) is 0.455. The number of nitrogens with zero attached hydrogens (tertiary/aromatic N) is 2. The van der Waals surface area contributed by atoms with Crippen molar-refractivity contribution in [1.82, 2.24) is 9.88 Å². The summed E-state index contributed by atoms with van der Waals surface area (Å²) in [5.74, 6) is -0.575. The molecule has 0 aromatic carbocycles. The Morgan fingerprint density at radius 1 is 1.47 bits per heavy atom. The average molecular weight is 339 g/mol. The molecule has 1 aromatic heterocycles. The zero-order chi connectivity index (χ0) is 14.3. The fourth-order valence-corrected chi connectivity index (χ4v) is 2.27. The van der Waals surface area contributed by atoms with Gasteiger partial charge < -0.3 is 10.0 Å². The highest BCUT2D eigenvalue weighted by atomic mass is 79.9. The van der Waals surface area contributed by atoms with Crippen LogP contribution in [0.3, 0.4) is 0 Å². The van der Waals surface area contributed by atoms with E-state index in [0.29, 0.717) is 4.47 Å². The summed E-state index contributed by atoms with van der Waals surface area (Å²) in [5, 5.41) is 9.50. The van der Waals surface area contributed by atoms with Crippen molar-refractivity contribution in [3.8, 4) is 0 Å². The number of halogens is 4. The molecule has 8 heteroatoms.